The van der Waals surface area contributed by atoms with Gasteiger partial charge in [0.05, 0.1) is 24.2 Å². The van der Waals surface area contributed by atoms with Crippen LogP contribution in [0.4, 0.5) is 0 Å². The normalized spacial score (nSPS) is 11.5. The van der Waals surface area contributed by atoms with Gasteiger partial charge in [-0.25, -0.2) is 4.98 Å². The lowest BCUT2D eigenvalue weighted by Crippen LogP contribution is -2.20. The van der Waals surface area contributed by atoms with Crippen LogP contribution in [0.2, 0.25) is 10.0 Å². The molecule has 0 aliphatic heterocycles. The summed E-state index contributed by atoms with van der Waals surface area (Å²) in [4.78, 5) is 18.3. The SMILES string of the molecule is COc1cc(C=Nn2c(-c3cc4cc(Cl)ccc4o3)nc3ccccc3c2=O)c(Br)c(Cl)c1OCc1ccccc1. The zero-order valence-electron chi connectivity index (χ0n) is 21.5. The van der Waals surface area contributed by atoms with E-state index < -0.39 is 0 Å². The monoisotopic (exact) mass is 647 g/mol. The number of methoxy groups -OCH3 is 1. The highest BCUT2D eigenvalue weighted by Crippen LogP contribution is 2.42. The minimum atomic E-state index is -0.364. The summed E-state index contributed by atoms with van der Waals surface area (Å²) >= 11 is 16.4. The predicted molar refractivity (Wildman–Crippen MR) is 166 cm³/mol. The van der Waals surface area contributed by atoms with Gasteiger partial charge in [0, 0.05) is 20.4 Å². The Morgan fingerprint density at radius 1 is 1.02 bits per heavy atom. The molecule has 7 nitrogen and oxygen atoms in total. The molecule has 0 spiro atoms. The smallest absolute Gasteiger partial charge is 0.282 e. The Morgan fingerprint density at radius 3 is 2.61 bits per heavy atom. The average molecular weight is 649 g/mol. The first kappa shape index (κ1) is 27.1. The maximum absolute atomic E-state index is 13.6. The number of hydrogen-bond donors (Lipinski definition) is 0. The summed E-state index contributed by atoms with van der Waals surface area (Å²) in [6, 6.07) is 25.6. The number of nitrogens with zero attached hydrogens (tertiary/aromatic N) is 3. The Kier molecular flexibility index (Phi) is 7.53. The van der Waals surface area contributed by atoms with E-state index in [-0.39, 0.29) is 11.4 Å². The van der Waals surface area contributed by atoms with Gasteiger partial charge in [-0.3, -0.25) is 4.79 Å². The number of halogens is 3. The maximum atomic E-state index is 13.6. The third-order valence-corrected chi connectivity index (χ3v) is 8.04. The highest BCUT2D eigenvalue weighted by atomic mass is 79.9. The average Bonchev–Trinajstić information content (AvgIpc) is 3.41. The summed E-state index contributed by atoms with van der Waals surface area (Å²) in [6.07, 6.45) is 1.50. The number of hydrogen-bond acceptors (Lipinski definition) is 6. The van der Waals surface area contributed by atoms with E-state index in [0.717, 1.165) is 10.9 Å². The molecule has 4 aromatic carbocycles. The fraction of sp³-hybridized carbons (Fsp3) is 0.0645. The van der Waals surface area contributed by atoms with Gasteiger partial charge in [-0.05, 0) is 64.0 Å². The number of para-hydroxylation sites is 1. The molecule has 0 fully saturated rings. The Morgan fingerprint density at radius 2 is 1.80 bits per heavy atom. The molecule has 0 N–H and O–H groups in total. The van der Waals surface area contributed by atoms with Crippen LogP contribution in [0.15, 0.2) is 104 Å². The second-order valence-corrected chi connectivity index (χ2v) is 10.6. The van der Waals surface area contributed by atoms with Gasteiger partial charge < -0.3 is 13.9 Å². The molecule has 0 saturated carbocycles. The molecule has 6 aromatic rings. The summed E-state index contributed by atoms with van der Waals surface area (Å²) in [5.74, 6) is 1.39. The molecule has 2 heterocycles. The van der Waals surface area contributed by atoms with Crippen molar-refractivity contribution in [1.82, 2.24) is 9.66 Å². The van der Waals surface area contributed by atoms with Gasteiger partial charge in [-0.15, -0.1) is 0 Å². The zero-order valence-corrected chi connectivity index (χ0v) is 24.6. The third kappa shape index (κ3) is 5.34. The number of rotatable bonds is 7. The first-order valence-electron chi connectivity index (χ1n) is 12.4. The van der Waals surface area contributed by atoms with Gasteiger partial charge in [0.15, 0.2) is 17.3 Å². The first-order chi connectivity index (χ1) is 19.9. The van der Waals surface area contributed by atoms with Crippen LogP contribution in [0.3, 0.4) is 0 Å². The van der Waals surface area contributed by atoms with Crippen molar-refractivity contribution in [2.75, 3.05) is 7.11 Å². The van der Waals surface area contributed by atoms with E-state index in [1.54, 1.807) is 48.5 Å². The Bertz CT molecular complexity index is 2010. The van der Waals surface area contributed by atoms with Crippen molar-refractivity contribution in [2.45, 2.75) is 6.61 Å². The summed E-state index contributed by atoms with van der Waals surface area (Å²) in [7, 11) is 1.53. The van der Waals surface area contributed by atoms with E-state index in [4.69, 9.17) is 42.1 Å². The van der Waals surface area contributed by atoms with Gasteiger partial charge >= 0.3 is 0 Å². The highest BCUT2D eigenvalue weighted by molar-refractivity contribution is 9.10. The van der Waals surface area contributed by atoms with Crippen LogP contribution in [-0.2, 0) is 6.61 Å². The van der Waals surface area contributed by atoms with Crippen LogP contribution in [0.25, 0.3) is 33.5 Å². The second-order valence-electron chi connectivity index (χ2n) is 9.01. The Labute approximate surface area is 252 Å². The minimum absolute atomic E-state index is 0.231. The molecule has 0 saturated heterocycles. The molecule has 204 valence electrons. The summed E-state index contributed by atoms with van der Waals surface area (Å²) in [6.45, 7) is 0.307. The van der Waals surface area contributed by atoms with Crippen LogP contribution in [0, 0.1) is 0 Å². The van der Waals surface area contributed by atoms with E-state index in [1.165, 1.54) is 18.0 Å². The standard InChI is InChI=1S/C31H20BrCl2N3O4/c1-39-25-15-20(27(32)28(34)29(25)40-17-18-7-3-2-4-8-18)16-35-37-30(36-23-10-6-5-9-22(23)31(37)38)26-14-19-13-21(33)11-12-24(19)41-26/h2-16H,17H2,1H3. The molecule has 0 unspecified atom stereocenters. The first-order valence-corrected chi connectivity index (χ1v) is 14.0. The van der Waals surface area contributed by atoms with Crippen LogP contribution in [0.1, 0.15) is 11.1 Å². The topological polar surface area (TPSA) is 78.9 Å². The summed E-state index contributed by atoms with van der Waals surface area (Å²) < 4.78 is 19.4. The molecule has 0 radical (unpaired) electrons. The third-order valence-electron chi connectivity index (χ3n) is 6.37. The molecule has 0 bridgehead atoms. The van der Waals surface area contributed by atoms with Crippen molar-refractivity contribution in [1.29, 1.82) is 0 Å². The van der Waals surface area contributed by atoms with E-state index in [2.05, 4.69) is 21.0 Å². The van der Waals surface area contributed by atoms with E-state index in [1.807, 2.05) is 36.4 Å². The number of fused-ring (bicyclic) bond motifs is 2. The molecule has 0 aliphatic rings. The van der Waals surface area contributed by atoms with Gasteiger partial charge in [-0.1, -0.05) is 65.7 Å². The Balaban J connectivity index is 1.44. The molecular formula is C31H20BrCl2N3O4. The minimum Gasteiger partial charge on any atom is -0.493 e. The number of ether oxygens (including phenoxy) is 2. The largest absolute Gasteiger partial charge is 0.493 e. The lowest BCUT2D eigenvalue weighted by atomic mass is 10.2. The fourth-order valence-corrected chi connectivity index (χ4v) is 5.18. The quantitative estimate of drug-likeness (QED) is 0.163. The Hall–Kier alpha value is -4.11. The van der Waals surface area contributed by atoms with Gasteiger partial charge in [0.1, 0.15) is 17.2 Å². The van der Waals surface area contributed by atoms with E-state index >= 15 is 0 Å². The van der Waals surface area contributed by atoms with Crippen LogP contribution in [0.5, 0.6) is 11.5 Å². The molecule has 6 rings (SSSR count). The predicted octanol–water partition coefficient (Wildman–Crippen LogP) is 8.35. The van der Waals surface area contributed by atoms with Crippen molar-refractivity contribution in [3.63, 3.8) is 0 Å². The molecule has 0 aliphatic carbocycles. The van der Waals surface area contributed by atoms with Crippen molar-refractivity contribution >= 4 is 67.2 Å². The lowest BCUT2D eigenvalue weighted by Gasteiger charge is -2.15. The molecule has 0 atom stereocenters. The zero-order chi connectivity index (χ0) is 28.5. The van der Waals surface area contributed by atoms with Gasteiger partial charge in [-0.2, -0.15) is 9.78 Å². The molecular weight excluding hydrogens is 629 g/mol. The van der Waals surface area contributed by atoms with Crippen LogP contribution < -0.4 is 15.0 Å². The van der Waals surface area contributed by atoms with Gasteiger partial charge in [0.25, 0.3) is 5.56 Å². The van der Waals surface area contributed by atoms with E-state index in [0.29, 0.717) is 60.4 Å². The van der Waals surface area contributed by atoms with Crippen molar-refractivity contribution in [3.05, 3.63) is 121 Å². The molecule has 10 heteroatoms. The number of aromatic nitrogens is 2. The van der Waals surface area contributed by atoms with Crippen LogP contribution >= 0.6 is 39.1 Å². The van der Waals surface area contributed by atoms with Crippen molar-refractivity contribution in [3.8, 4) is 23.1 Å². The molecule has 41 heavy (non-hydrogen) atoms. The maximum Gasteiger partial charge on any atom is 0.282 e. The van der Waals surface area contributed by atoms with Gasteiger partial charge in [0.2, 0.25) is 5.82 Å². The highest BCUT2D eigenvalue weighted by Gasteiger charge is 2.19. The second kappa shape index (κ2) is 11.4. The number of benzene rings is 4. The lowest BCUT2D eigenvalue weighted by molar-refractivity contribution is 0.284. The summed E-state index contributed by atoms with van der Waals surface area (Å²) in [5, 5.41) is 6.59. The van der Waals surface area contributed by atoms with Crippen molar-refractivity contribution < 1.29 is 13.9 Å². The summed E-state index contributed by atoms with van der Waals surface area (Å²) in [5.41, 5.74) is 2.30. The molecule has 0 amide bonds. The van der Waals surface area contributed by atoms with Crippen LogP contribution in [-0.4, -0.2) is 23.0 Å². The molecule has 2 aromatic heterocycles. The number of furan rings is 1. The fourth-order valence-electron chi connectivity index (χ4n) is 4.35. The van der Waals surface area contributed by atoms with E-state index in [9.17, 15) is 4.79 Å². The van der Waals surface area contributed by atoms with Crippen molar-refractivity contribution in [2.24, 2.45) is 5.10 Å².